The van der Waals surface area contributed by atoms with E-state index in [1.54, 1.807) is 5.56 Å². The van der Waals surface area contributed by atoms with Crippen LogP contribution < -0.4 is 5.32 Å². The molecular weight excluding hydrogens is 232 g/mol. The summed E-state index contributed by atoms with van der Waals surface area (Å²) >= 11 is 0. The Kier molecular flexibility index (Phi) is 4.64. The van der Waals surface area contributed by atoms with Crippen molar-refractivity contribution in [3.63, 3.8) is 0 Å². The number of nitrogens with one attached hydrogen (secondary N) is 1. The highest BCUT2D eigenvalue weighted by Crippen LogP contribution is 2.22. The second kappa shape index (κ2) is 6.06. The highest BCUT2D eigenvalue weighted by Gasteiger charge is 2.18. The van der Waals surface area contributed by atoms with Gasteiger partial charge in [0.05, 0.1) is 0 Å². The largest absolute Gasteiger partial charge is 0.316 e. The minimum Gasteiger partial charge on any atom is -0.316 e. The van der Waals surface area contributed by atoms with Crippen LogP contribution in [-0.4, -0.2) is 38.1 Å². The molecule has 0 aliphatic carbocycles. The molecule has 0 bridgehead atoms. The Labute approximate surface area is 118 Å². The van der Waals surface area contributed by atoms with Gasteiger partial charge in [0.15, 0.2) is 0 Å². The van der Waals surface area contributed by atoms with Crippen LogP contribution in [0.15, 0.2) is 6.07 Å². The molecule has 1 aliphatic rings. The fourth-order valence-corrected chi connectivity index (χ4v) is 2.99. The van der Waals surface area contributed by atoms with Crippen molar-refractivity contribution in [2.24, 2.45) is 5.92 Å². The van der Waals surface area contributed by atoms with Crippen molar-refractivity contribution in [3.05, 3.63) is 33.9 Å². The summed E-state index contributed by atoms with van der Waals surface area (Å²) in [6.45, 7) is 13.8. The van der Waals surface area contributed by atoms with Crippen LogP contribution in [0.3, 0.4) is 0 Å². The van der Waals surface area contributed by atoms with Crippen molar-refractivity contribution >= 4 is 0 Å². The Morgan fingerprint density at radius 2 is 1.68 bits per heavy atom. The summed E-state index contributed by atoms with van der Waals surface area (Å²) in [6, 6.07) is 2.32. The number of nitrogens with zero attached hydrogens (tertiary/aromatic N) is 1. The van der Waals surface area contributed by atoms with E-state index in [1.807, 2.05) is 0 Å². The molecule has 0 aromatic heterocycles. The van der Waals surface area contributed by atoms with Gasteiger partial charge in [-0.25, -0.2) is 0 Å². The van der Waals surface area contributed by atoms with Gasteiger partial charge >= 0.3 is 0 Å². The van der Waals surface area contributed by atoms with Gasteiger partial charge in [-0.2, -0.15) is 0 Å². The topological polar surface area (TPSA) is 15.3 Å². The molecule has 1 saturated heterocycles. The molecular formula is C17H28N2. The molecule has 0 atom stereocenters. The van der Waals surface area contributed by atoms with Gasteiger partial charge < -0.3 is 10.2 Å². The van der Waals surface area contributed by atoms with Crippen molar-refractivity contribution in [2.45, 2.75) is 34.1 Å². The molecule has 19 heavy (non-hydrogen) atoms. The van der Waals surface area contributed by atoms with Crippen LogP contribution in [-0.2, 0) is 6.42 Å². The van der Waals surface area contributed by atoms with Gasteiger partial charge in [-0.3, -0.25) is 0 Å². The molecule has 1 aromatic rings. The van der Waals surface area contributed by atoms with Crippen LogP contribution in [0, 0.1) is 33.6 Å². The van der Waals surface area contributed by atoms with E-state index in [0.29, 0.717) is 0 Å². The first-order valence-corrected chi connectivity index (χ1v) is 7.44. The summed E-state index contributed by atoms with van der Waals surface area (Å²) in [5.74, 6) is 0.867. The highest BCUT2D eigenvalue weighted by atomic mass is 15.1. The van der Waals surface area contributed by atoms with E-state index in [1.165, 1.54) is 54.9 Å². The van der Waals surface area contributed by atoms with Gasteiger partial charge in [0.1, 0.15) is 0 Å². The second-order valence-electron chi connectivity index (χ2n) is 6.28. The third kappa shape index (κ3) is 3.37. The van der Waals surface area contributed by atoms with Crippen LogP contribution in [0.5, 0.6) is 0 Å². The Hall–Kier alpha value is -0.860. The lowest BCUT2D eigenvalue weighted by atomic mass is 9.92. The van der Waals surface area contributed by atoms with E-state index in [2.05, 4.69) is 51.0 Å². The molecule has 2 nitrogen and oxygen atoms in total. The van der Waals surface area contributed by atoms with Crippen molar-refractivity contribution in [1.29, 1.82) is 0 Å². The standard InChI is InChI=1S/C17H28N2/c1-12-8-13(2)15(4)17(14(12)3)6-7-19(5)11-16-9-18-10-16/h8,16,18H,6-7,9-11H2,1-5H3. The van der Waals surface area contributed by atoms with Gasteiger partial charge in [0.2, 0.25) is 0 Å². The van der Waals surface area contributed by atoms with Gasteiger partial charge in [-0.05, 0) is 74.9 Å². The number of aryl methyl sites for hydroxylation is 2. The summed E-state index contributed by atoms with van der Waals surface area (Å²) < 4.78 is 0. The fourth-order valence-electron chi connectivity index (χ4n) is 2.99. The Morgan fingerprint density at radius 3 is 2.16 bits per heavy atom. The quantitative estimate of drug-likeness (QED) is 0.875. The lowest BCUT2D eigenvalue weighted by Crippen LogP contribution is -2.47. The van der Waals surface area contributed by atoms with Crippen LogP contribution in [0.1, 0.15) is 27.8 Å². The van der Waals surface area contributed by atoms with Crippen molar-refractivity contribution in [2.75, 3.05) is 33.2 Å². The minimum absolute atomic E-state index is 0.867. The Balaban J connectivity index is 1.98. The van der Waals surface area contributed by atoms with Crippen molar-refractivity contribution < 1.29 is 0 Å². The predicted molar refractivity (Wildman–Crippen MR) is 83.0 cm³/mol. The average Bonchev–Trinajstić information content (AvgIpc) is 2.31. The molecule has 0 radical (unpaired) electrons. The van der Waals surface area contributed by atoms with Gasteiger partial charge in [-0.15, -0.1) is 0 Å². The molecule has 1 fully saturated rings. The molecule has 0 spiro atoms. The minimum atomic E-state index is 0.867. The maximum atomic E-state index is 3.35. The SMILES string of the molecule is Cc1cc(C)c(C)c(CCN(C)CC2CNC2)c1C. The first-order valence-electron chi connectivity index (χ1n) is 7.44. The third-order valence-electron chi connectivity index (χ3n) is 4.70. The lowest BCUT2D eigenvalue weighted by molar-refractivity contribution is 0.225. The zero-order valence-corrected chi connectivity index (χ0v) is 13.1. The van der Waals surface area contributed by atoms with Crippen LogP contribution in [0.2, 0.25) is 0 Å². The molecule has 0 amide bonds. The van der Waals surface area contributed by atoms with Gasteiger partial charge in [0, 0.05) is 26.2 Å². The second-order valence-corrected chi connectivity index (χ2v) is 6.28. The number of likely N-dealkylation sites (N-methyl/N-ethyl adjacent to an activating group) is 1. The predicted octanol–water partition coefficient (Wildman–Crippen LogP) is 2.61. The molecule has 1 aromatic carbocycles. The van der Waals surface area contributed by atoms with Crippen LogP contribution >= 0.6 is 0 Å². The number of rotatable bonds is 5. The first kappa shape index (κ1) is 14.5. The number of benzene rings is 1. The molecule has 1 heterocycles. The zero-order valence-electron chi connectivity index (χ0n) is 13.1. The third-order valence-corrected chi connectivity index (χ3v) is 4.70. The molecule has 2 rings (SSSR count). The van der Waals surface area contributed by atoms with E-state index in [4.69, 9.17) is 0 Å². The summed E-state index contributed by atoms with van der Waals surface area (Å²) in [5.41, 5.74) is 7.41. The van der Waals surface area contributed by atoms with Gasteiger partial charge in [0.25, 0.3) is 0 Å². The maximum Gasteiger partial charge on any atom is 0.00311 e. The van der Waals surface area contributed by atoms with E-state index in [0.717, 1.165) is 5.92 Å². The molecule has 1 aliphatic heterocycles. The van der Waals surface area contributed by atoms with E-state index in [9.17, 15) is 0 Å². The van der Waals surface area contributed by atoms with Crippen molar-refractivity contribution in [3.8, 4) is 0 Å². The Bertz CT molecular complexity index is 421. The summed E-state index contributed by atoms with van der Waals surface area (Å²) in [4.78, 5) is 2.49. The number of hydrogen-bond donors (Lipinski definition) is 1. The summed E-state index contributed by atoms with van der Waals surface area (Å²) in [7, 11) is 2.26. The van der Waals surface area contributed by atoms with E-state index < -0.39 is 0 Å². The molecule has 0 saturated carbocycles. The average molecular weight is 260 g/mol. The molecule has 1 N–H and O–H groups in total. The van der Waals surface area contributed by atoms with Crippen molar-refractivity contribution in [1.82, 2.24) is 10.2 Å². The fraction of sp³-hybridized carbons (Fsp3) is 0.647. The highest BCUT2D eigenvalue weighted by molar-refractivity contribution is 5.44. The smallest absolute Gasteiger partial charge is 0.00311 e. The van der Waals surface area contributed by atoms with E-state index >= 15 is 0 Å². The molecule has 0 unspecified atom stereocenters. The number of hydrogen-bond acceptors (Lipinski definition) is 2. The van der Waals surface area contributed by atoms with Gasteiger partial charge in [-0.1, -0.05) is 6.07 Å². The van der Waals surface area contributed by atoms with E-state index in [-0.39, 0.29) is 0 Å². The first-order chi connectivity index (χ1) is 8.99. The van der Waals surface area contributed by atoms with Crippen LogP contribution in [0.25, 0.3) is 0 Å². The molecule has 2 heteroatoms. The summed E-state index contributed by atoms with van der Waals surface area (Å²) in [6.07, 6.45) is 1.18. The molecule has 106 valence electrons. The van der Waals surface area contributed by atoms with Crippen LogP contribution in [0.4, 0.5) is 0 Å². The summed E-state index contributed by atoms with van der Waals surface area (Å²) in [5, 5.41) is 3.35. The zero-order chi connectivity index (χ0) is 14.0. The lowest BCUT2D eigenvalue weighted by Gasteiger charge is -2.31. The maximum absolute atomic E-state index is 3.35. The normalized spacial score (nSPS) is 15.9. The monoisotopic (exact) mass is 260 g/mol. The Morgan fingerprint density at radius 1 is 1.11 bits per heavy atom.